The number of nitrogens with zero attached hydrogens (tertiary/aromatic N) is 1. The van der Waals surface area contributed by atoms with Crippen LogP contribution in [0.1, 0.15) is 21.6 Å². The lowest BCUT2D eigenvalue weighted by atomic mass is 9.12. The number of carbonyl (C=O) groups excluding carboxylic acids is 1. The van der Waals surface area contributed by atoms with Gasteiger partial charge in [-0.3, -0.25) is 4.79 Å². The molecule has 360 valence electrons. The molecule has 8 rings (SSSR count). The molecule has 0 saturated heterocycles. The van der Waals surface area contributed by atoms with E-state index < -0.39 is 144 Å². The Kier molecular flexibility index (Phi) is 13.6. The van der Waals surface area contributed by atoms with Gasteiger partial charge < -0.3 is 0 Å². The highest BCUT2D eigenvalue weighted by atomic mass is 19.2. The van der Waals surface area contributed by atoms with Crippen LogP contribution in [0.2, 0.25) is 0 Å². The Morgan fingerprint density at radius 2 is 0.614 bits per heavy atom. The van der Waals surface area contributed by atoms with Gasteiger partial charge in [0.15, 0.2) is 76.4 Å². The molecule has 0 N–H and O–H groups in total. The summed E-state index contributed by atoms with van der Waals surface area (Å²) in [5, 5.41) is 1.13. The maximum atomic E-state index is 15.4. The van der Waals surface area contributed by atoms with Gasteiger partial charge in [-0.15, -0.1) is 21.9 Å². The standard InChI is InChI=1S/C24BF20.C23H18NO/c26-5-1(6(27)14(35)21(42)13(5)34)25(2-7(28)15(36)22(43)16(37)8(2)29,3-9(30)17(38)23(44)18(39)10(3)31)4-11(32)19(40)24(45)20(41)12(4)33;25-23(20-12-5-2-6-13-20)22-16-15-19-11-7-8-14-21(19)24(22)17-18-9-3-1-4-10-18/h;1-16H,17H2/q-1;+1. The molecule has 0 fully saturated rings. The van der Waals surface area contributed by atoms with E-state index in [0.717, 1.165) is 10.9 Å². The maximum absolute atomic E-state index is 15.4. The average molecular weight is 1000 g/mol. The predicted molar refractivity (Wildman–Crippen MR) is 209 cm³/mol. The van der Waals surface area contributed by atoms with Crippen molar-refractivity contribution >= 4 is 44.7 Å². The molecule has 1 heterocycles. The number of para-hydroxylation sites is 1. The zero-order valence-electron chi connectivity index (χ0n) is 33.9. The van der Waals surface area contributed by atoms with Gasteiger partial charge in [-0.25, -0.2) is 87.8 Å². The molecule has 0 atom stereocenters. The number of ketones is 1. The number of carbonyl (C=O) groups is 1. The Morgan fingerprint density at radius 3 is 0.957 bits per heavy atom. The summed E-state index contributed by atoms with van der Waals surface area (Å²) in [4.78, 5) is 13.1. The van der Waals surface area contributed by atoms with Crippen LogP contribution < -0.4 is 26.4 Å². The minimum Gasteiger partial charge on any atom is -0.282 e. The summed E-state index contributed by atoms with van der Waals surface area (Å²) < 4.78 is 296. The van der Waals surface area contributed by atoms with Crippen LogP contribution in [0, 0.1) is 116 Å². The second kappa shape index (κ2) is 19.0. The van der Waals surface area contributed by atoms with E-state index in [-0.39, 0.29) is 5.78 Å². The predicted octanol–water partition coefficient (Wildman–Crippen LogP) is 10.3. The van der Waals surface area contributed by atoms with Crippen molar-refractivity contribution in [3.8, 4) is 0 Å². The van der Waals surface area contributed by atoms with Crippen LogP contribution in [-0.2, 0) is 6.54 Å². The molecule has 2 nitrogen and oxygen atoms in total. The Morgan fingerprint density at radius 1 is 0.329 bits per heavy atom. The smallest absolute Gasteiger partial charge is 0.256 e. The van der Waals surface area contributed by atoms with Gasteiger partial charge in [0, 0.05) is 28.6 Å². The first-order valence-corrected chi connectivity index (χ1v) is 19.3. The first-order chi connectivity index (χ1) is 33.0. The third kappa shape index (κ3) is 7.85. The van der Waals surface area contributed by atoms with Gasteiger partial charge in [-0.05, 0) is 12.1 Å². The van der Waals surface area contributed by atoms with Crippen molar-refractivity contribution in [3.63, 3.8) is 0 Å². The molecule has 70 heavy (non-hydrogen) atoms. The molecule has 0 aliphatic carbocycles. The summed E-state index contributed by atoms with van der Waals surface area (Å²) in [6, 6.07) is 31.8. The van der Waals surface area contributed by atoms with Gasteiger partial charge in [0.1, 0.15) is 52.7 Å². The zero-order chi connectivity index (χ0) is 51.4. The molecule has 0 saturated carbocycles. The second-order valence-electron chi connectivity index (χ2n) is 14.8. The number of pyridine rings is 1. The molecule has 8 aromatic rings. The fourth-order valence-electron chi connectivity index (χ4n) is 8.01. The van der Waals surface area contributed by atoms with E-state index >= 15 is 35.1 Å². The van der Waals surface area contributed by atoms with Gasteiger partial charge in [-0.2, -0.15) is 4.57 Å². The first-order valence-electron chi connectivity index (χ1n) is 19.3. The molecule has 0 amide bonds. The zero-order valence-corrected chi connectivity index (χ0v) is 33.9. The minimum atomic E-state index is -7.22. The van der Waals surface area contributed by atoms with Crippen molar-refractivity contribution in [1.29, 1.82) is 0 Å². The van der Waals surface area contributed by atoms with Crippen LogP contribution >= 0.6 is 0 Å². The Balaban J connectivity index is 0.000000242. The normalized spacial score (nSPS) is 11.5. The summed E-state index contributed by atoms with van der Waals surface area (Å²) >= 11 is 0. The van der Waals surface area contributed by atoms with Crippen LogP contribution in [-0.4, -0.2) is 11.9 Å². The number of fused-ring (bicyclic) bond motifs is 1. The summed E-state index contributed by atoms with van der Waals surface area (Å²) in [6.45, 7) is 0.663. The fraction of sp³-hybridized carbons (Fsp3) is 0.0213. The lowest BCUT2D eigenvalue weighted by Gasteiger charge is -2.44. The van der Waals surface area contributed by atoms with Crippen LogP contribution in [0.25, 0.3) is 10.9 Å². The molecule has 0 spiro atoms. The van der Waals surface area contributed by atoms with E-state index in [1.807, 2.05) is 72.8 Å². The molecule has 0 bridgehead atoms. The van der Waals surface area contributed by atoms with Gasteiger partial charge >= 0.3 is 0 Å². The van der Waals surface area contributed by atoms with E-state index in [1.165, 1.54) is 5.56 Å². The molecule has 0 radical (unpaired) electrons. The molecule has 0 aliphatic rings. The van der Waals surface area contributed by atoms with Crippen LogP contribution in [0.4, 0.5) is 87.8 Å². The Hall–Kier alpha value is -7.72. The van der Waals surface area contributed by atoms with Crippen molar-refractivity contribution in [2.24, 2.45) is 0 Å². The molecule has 0 aliphatic heterocycles. The molecule has 23 heteroatoms. The number of rotatable bonds is 8. The minimum absolute atomic E-state index is 0.0438. The monoisotopic (exact) mass is 1000 g/mol. The van der Waals surface area contributed by atoms with Crippen molar-refractivity contribution < 1.29 is 97.2 Å². The van der Waals surface area contributed by atoms with Crippen molar-refractivity contribution in [1.82, 2.24) is 0 Å². The largest absolute Gasteiger partial charge is 0.282 e. The molecule has 7 aromatic carbocycles. The van der Waals surface area contributed by atoms with Crippen LogP contribution in [0.3, 0.4) is 0 Å². The van der Waals surface area contributed by atoms with E-state index in [2.05, 4.69) is 28.8 Å². The van der Waals surface area contributed by atoms with E-state index in [0.29, 0.717) is 17.8 Å². The summed E-state index contributed by atoms with van der Waals surface area (Å²) in [7, 11) is 0. The van der Waals surface area contributed by atoms with Gasteiger partial charge in [0.05, 0.1) is 0 Å². The van der Waals surface area contributed by atoms with Crippen LogP contribution in [0.15, 0.2) is 97.1 Å². The highest BCUT2D eigenvalue weighted by molar-refractivity contribution is 7.20. The van der Waals surface area contributed by atoms with Crippen LogP contribution in [0.5, 0.6) is 0 Å². The molecular formula is C47H18BF20NO. The second-order valence-corrected chi connectivity index (χ2v) is 14.8. The summed E-state index contributed by atoms with van der Waals surface area (Å²) in [5.74, 6) is -71.4. The molecule has 1 aromatic heterocycles. The lowest BCUT2D eigenvalue weighted by Crippen LogP contribution is -2.81. The molecular weight excluding hydrogens is 985 g/mol. The highest BCUT2D eigenvalue weighted by Crippen LogP contribution is 2.31. The van der Waals surface area contributed by atoms with Gasteiger partial charge in [0.2, 0.25) is 5.52 Å². The summed E-state index contributed by atoms with van der Waals surface area (Å²) in [5.41, 5.74) is -10.7. The van der Waals surface area contributed by atoms with Crippen molar-refractivity contribution in [2.75, 3.05) is 0 Å². The quantitative estimate of drug-likeness (QED) is 0.0371. The Labute approximate surface area is 378 Å². The highest BCUT2D eigenvalue weighted by Gasteiger charge is 2.52. The van der Waals surface area contributed by atoms with E-state index in [9.17, 15) is 57.5 Å². The molecule has 0 unspecified atom stereocenters. The van der Waals surface area contributed by atoms with Gasteiger partial charge in [0.25, 0.3) is 11.5 Å². The number of hydrogen-bond acceptors (Lipinski definition) is 1. The lowest BCUT2D eigenvalue weighted by molar-refractivity contribution is -0.664. The van der Waals surface area contributed by atoms with Crippen molar-refractivity contribution in [3.05, 3.63) is 230 Å². The Bertz CT molecular complexity index is 3050. The maximum Gasteiger partial charge on any atom is 0.256 e. The van der Waals surface area contributed by atoms with Gasteiger partial charge in [-0.1, -0.05) is 72.8 Å². The number of aromatic nitrogens is 1. The van der Waals surface area contributed by atoms with E-state index in [1.54, 1.807) is 0 Å². The van der Waals surface area contributed by atoms with Crippen molar-refractivity contribution in [2.45, 2.75) is 6.54 Å². The summed E-state index contributed by atoms with van der Waals surface area (Å²) in [6.07, 6.45) is -7.22. The third-order valence-corrected chi connectivity index (χ3v) is 11.1. The van der Waals surface area contributed by atoms with E-state index in [4.69, 9.17) is 0 Å². The third-order valence-electron chi connectivity index (χ3n) is 11.1. The SMILES string of the molecule is Fc1c(F)c(F)c([B-](c2c(F)c(F)c(F)c(F)c2F)(c2c(F)c(F)c(F)c(F)c2F)c2c(F)c(F)c(F)c(F)c2F)c(F)c1F.O=C(c1ccccc1)c1ccc2ccccc2[n+]1Cc1ccccc1. The number of benzene rings is 7. The number of hydrogen-bond donors (Lipinski definition) is 0. The number of halogens is 20. The first kappa shape index (κ1) is 50.2. The topological polar surface area (TPSA) is 20.9 Å². The average Bonchev–Trinajstić information content (AvgIpc) is 3.36. The fourth-order valence-corrected chi connectivity index (χ4v) is 8.01.